The number of aliphatic hydroxyl groups excluding tert-OH is 12. The molecule has 0 radical (unpaired) electrons. The van der Waals surface area contributed by atoms with Gasteiger partial charge in [-0.05, 0) is 13.3 Å². The maximum Gasteiger partial charge on any atom is 0.364 e. The highest BCUT2D eigenvalue weighted by Crippen LogP contribution is 2.39. The Balaban J connectivity index is 1.68. The molecule has 0 aromatic rings. The third-order valence-corrected chi connectivity index (χ3v) is 10.0. The van der Waals surface area contributed by atoms with E-state index < -0.39 is 166 Å². The largest absolute Gasteiger partial charge is 0.477 e. The molecule has 14 N–H and O–H groups in total. The van der Waals surface area contributed by atoms with Crippen molar-refractivity contribution in [3.63, 3.8) is 0 Å². The van der Waals surface area contributed by atoms with Gasteiger partial charge in [-0.2, -0.15) is 0 Å². The molecule has 56 heavy (non-hydrogen) atoms. The molecule has 24 heteroatoms. The zero-order chi connectivity index (χ0) is 41.8. The zero-order valence-corrected chi connectivity index (χ0v) is 30.7. The summed E-state index contributed by atoms with van der Waals surface area (Å²) in [5.41, 5.74) is 0. The summed E-state index contributed by atoms with van der Waals surface area (Å²) in [7, 11) is 0. The van der Waals surface area contributed by atoms with Crippen LogP contribution in [0.1, 0.15) is 33.6 Å². The second-order valence-corrected chi connectivity index (χ2v) is 14.1. The van der Waals surface area contributed by atoms with Crippen LogP contribution >= 0.6 is 0 Å². The number of carboxylic acid groups (broad SMARTS) is 1. The van der Waals surface area contributed by atoms with E-state index in [0.29, 0.717) is 6.42 Å². The maximum atomic E-state index is 12.9. The molecular formula is C32H55NO23. The Bertz CT molecular complexity index is 1270. The number of ether oxygens (including phenoxy) is 8. The zero-order valence-electron chi connectivity index (χ0n) is 30.7. The fraction of sp³-hybridized carbons (Fsp3) is 0.938. The van der Waals surface area contributed by atoms with E-state index >= 15 is 0 Å². The fourth-order valence-corrected chi connectivity index (χ4v) is 6.94. The molecule has 0 aromatic carbocycles. The Hall–Kier alpha value is -1.86. The van der Waals surface area contributed by atoms with Crippen LogP contribution in [-0.4, -0.2) is 233 Å². The summed E-state index contributed by atoms with van der Waals surface area (Å²) in [4.78, 5) is 24.8. The number of aliphatic carboxylic acids is 1. The van der Waals surface area contributed by atoms with Crippen molar-refractivity contribution in [2.45, 2.75) is 162 Å². The Labute approximate surface area is 319 Å². The monoisotopic (exact) mass is 821 g/mol. The summed E-state index contributed by atoms with van der Waals surface area (Å²) in [6, 6.07) is -1.58. The predicted molar refractivity (Wildman–Crippen MR) is 175 cm³/mol. The lowest BCUT2D eigenvalue weighted by atomic mass is 9.88. The topological polar surface area (TPSA) is 383 Å². The number of aliphatic hydroxyl groups is 12. The van der Waals surface area contributed by atoms with Crippen molar-refractivity contribution in [3.8, 4) is 0 Å². The molecular weight excluding hydrogens is 766 g/mol. The molecule has 0 aliphatic carbocycles. The van der Waals surface area contributed by atoms with Gasteiger partial charge < -0.3 is 110 Å². The number of carbonyl (C=O) groups is 2. The van der Waals surface area contributed by atoms with Gasteiger partial charge in [0.1, 0.15) is 85.5 Å². The van der Waals surface area contributed by atoms with E-state index in [9.17, 15) is 76.0 Å². The van der Waals surface area contributed by atoms with Crippen LogP contribution in [0.4, 0.5) is 0 Å². The normalized spacial score (nSPS) is 45.8. The number of carboxylic acids is 1. The van der Waals surface area contributed by atoms with Crippen LogP contribution in [0.3, 0.4) is 0 Å². The smallest absolute Gasteiger partial charge is 0.364 e. The van der Waals surface area contributed by atoms with E-state index in [0.717, 1.165) is 6.92 Å². The van der Waals surface area contributed by atoms with Crippen LogP contribution in [0.2, 0.25) is 0 Å². The van der Waals surface area contributed by atoms with Crippen LogP contribution in [0.5, 0.6) is 0 Å². The summed E-state index contributed by atoms with van der Waals surface area (Å²) in [6.07, 6.45) is -35.3. The van der Waals surface area contributed by atoms with Crippen molar-refractivity contribution >= 4 is 11.9 Å². The number of rotatable bonds is 16. The molecule has 0 saturated carbocycles. The summed E-state index contributed by atoms with van der Waals surface area (Å²) in [6.45, 7) is 1.22. The highest BCUT2D eigenvalue weighted by Gasteiger charge is 2.60. The van der Waals surface area contributed by atoms with Crippen LogP contribution in [0, 0.1) is 0 Å². The van der Waals surface area contributed by atoms with Crippen molar-refractivity contribution in [3.05, 3.63) is 0 Å². The predicted octanol–water partition coefficient (Wildman–Crippen LogP) is -7.94. The SMILES string of the molecule is CCCO[C@@H]1O[C@H](CO)[C@@H](O[C@@H]2O[C@H](CO)[C@H](O)[C@H](O[C@]3(C(=O)O)C[C@H](O)[C@@H](NC(C)=O)[C@H]([C@H](O)[C@H](O)CO)O3)[C@H]2O)[C@H](O[C@@H]2O[C@@H](C)[C@@H](O)[C@@H](O)[C@@H]2O)[C@@H]1O. The van der Waals surface area contributed by atoms with Gasteiger partial charge in [0.2, 0.25) is 5.91 Å². The minimum absolute atomic E-state index is 0.0483. The molecule has 0 aromatic heterocycles. The first-order valence-electron chi connectivity index (χ1n) is 18.1. The van der Waals surface area contributed by atoms with Gasteiger partial charge in [0.15, 0.2) is 18.9 Å². The lowest BCUT2D eigenvalue weighted by Gasteiger charge is -2.51. The van der Waals surface area contributed by atoms with Gasteiger partial charge in [0.25, 0.3) is 5.79 Å². The second kappa shape index (κ2) is 19.9. The third-order valence-electron chi connectivity index (χ3n) is 10.0. The molecule has 0 spiro atoms. The van der Waals surface area contributed by atoms with Gasteiger partial charge in [0.05, 0.1) is 38.1 Å². The molecule has 4 fully saturated rings. The Morgan fingerprint density at radius 3 is 1.95 bits per heavy atom. The number of amides is 1. The van der Waals surface area contributed by atoms with Gasteiger partial charge in [-0.25, -0.2) is 4.79 Å². The van der Waals surface area contributed by atoms with Crippen LogP contribution < -0.4 is 5.32 Å². The van der Waals surface area contributed by atoms with E-state index in [4.69, 9.17) is 37.9 Å². The fourth-order valence-electron chi connectivity index (χ4n) is 6.94. The van der Waals surface area contributed by atoms with Gasteiger partial charge >= 0.3 is 5.97 Å². The molecule has 4 saturated heterocycles. The number of hydrogen-bond donors (Lipinski definition) is 14. The van der Waals surface area contributed by atoms with Crippen molar-refractivity contribution in [2.75, 3.05) is 26.4 Å². The Morgan fingerprint density at radius 1 is 0.786 bits per heavy atom. The first-order chi connectivity index (χ1) is 26.4. The summed E-state index contributed by atoms with van der Waals surface area (Å²) >= 11 is 0. The van der Waals surface area contributed by atoms with Crippen molar-refractivity contribution in [1.29, 1.82) is 0 Å². The molecule has 326 valence electrons. The van der Waals surface area contributed by atoms with E-state index in [1.54, 1.807) is 6.92 Å². The second-order valence-electron chi connectivity index (χ2n) is 14.1. The van der Waals surface area contributed by atoms with E-state index in [2.05, 4.69) is 5.32 Å². The average molecular weight is 822 g/mol. The van der Waals surface area contributed by atoms with E-state index in [1.165, 1.54) is 6.92 Å². The van der Waals surface area contributed by atoms with Crippen molar-refractivity contribution in [1.82, 2.24) is 5.32 Å². The van der Waals surface area contributed by atoms with Crippen molar-refractivity contribution < 1.29 is 114 Å². The van der Waals surface area contributed by atoms with Crippen molar-refractivity contribution in [2.24, 2.45) is 0 Å². The molecule has 21 atom stereocenters. The highest BCUT2D eigenvalue weighted by atomic mass is 16.8. The van der Waals surface area contributed by atoms with Gasteiger partial charge in [-0.1, -0.05) is 6.92 Å². The molecule has 4 heterocycles. The summed E-state index contributed by atoms with van der Waals surface area (Å²) < 4.78 is 45.6. The molecule has 0 bridgehead atoms. The molecule has 0 unspecified atom stereocenters. The maximum absolute atomic E-state index is 12.9. The average Bonchev–Trinajstić information content (AvgIpc) is 3.16. The first kappa shape index (κ1) is 46.8. The number of carbonyl (C=O) groups excluding carboxylic acids is 1. The minimum atomic E-state index is -3.09. The van der Waals surface area contributed by atoms with Gasteiger partial charge in [-0.15, -0.1) is 0 Å². The minimum Gasteiger partial charge on any atom is -0.477 e. The van der Waals surface area contributed by atoms with E-state index in [-0.39, 0.29) is 6.61 Å². The summed E-state index contributed by atoms with van der Waals surface area (Å²) in [5.74, 6) is -5.86. The quantitative estimate of drug-likeness (QED) is 0.0687. The third kappa shape index (κ3) is 9.94. The van der Waals surface area contributed by atoms with Gasteiger partial charge in [0, 0.05) is 20.0 Å². The Morgan fingerprint density at radius 2 is 1.38 bits per heavy atom. The molecule has 4 aliphatic rings. The Kier molecular flexibility index (Phi) is 16.7. The molecule has 4 rings (SSSR count). The lowest BCUT2D eigenvalue weighted by molar-refractivity contribution is -0.398. The first-order valence-corrected chi connectivity index (χ1v) is 18.1. The number of nitrogens with one attached hydrogen (secondary N) is 1. The summed E-state index contributed by atoms with van der Waals surface area (Å²) in [5, 5.41) is 140. The standard InChI is InChI=1S/C32H55NO23/c1-4-5-49-28-23(46)27(54-29-21(44)20(43)17(40)10(2)50-29)24(15(9-36)52-28)53-30-22(45)26(19(42)14(8-35)51-30)56-32(31(47)48)6-12(38)16(33-11(3)37)25(55-32)18(41)13(39)7-34/h10,12-30,34-36,38-46H,4-9H2,1-3H3,(H,33,37)(H,47,48)/t10-,12-,13+,14+,15+,16+,17+,18+,19-,20+,21-,22+,23-,24+,25+,26-,27+,28+,29-,30-,32-/m0/s1. The van der Waals surface area contributed by atoms with Crippen LogP contribution in [0.15, 0.2) is 0 Å². The molecule has 4 aliphatic heterocycles. The van der Waals surface area contributed by atoms with E-state index in [1.807, 2.05) is 0 Å². The number of hydrogen-bond acceptors (Lipinski definition) is 22. The molecule has 1 amide bonds. The van der Waals surface area contributed by atoms with Gasteiger partial charge in [-0.3, -0.25) is 4.79 Å². The van der Waals surface area contributed by atoms with Crippen LogP contribution in [-0.2, 0) is 47.5 Å². The molecule has 24 nitrogen and oxygen atoms in total. The van der Waals surface area contributed by atoms with Crippen LogP contribution in [0.25, 0.3) is 0 Å². The lowest BCUT2D eigenvalue weighted by Crippen LogP contribution is -2.71. The highest BCUT2D eigenvalue weighted by molar-refractivity contribution is 5.76.